The van der Waals surface area contributed by atoms with Gasteiger partial charge < -0.3 is 14.5 Å². The molecule has 0 aliphatic rings. The van der Waals surface area contributed by atoms with Crippen LogP contribution in [0.5, 0.6) is 5.75 Å². The summed E-state index contributed by atoms with van der Waals surface area (Å²) in [5.74, 6) is 0.776. The van der Waals surface area contributed by atoms with Crippen LogP contribution in [0.2, 0.25) is 0 Å². The summed E-state index contributed by atoms with van der Waals surface area (Å²) in [6, 6.07) is 13.9. The molecule has 140 valence electrons. The first-order chi connectivity index (χ1) is 13.1. The van der Waals surface area contributed by atoms with Gasteiger partial charge in [0.2, 0.25) is 11.8 Å². The molecule has 0 saturated heterocycles. The lowest BCUT2D eigenvalue weighted by Crippen LogP contribution is -2.25. The van der Waals surface area contributed by atoms with E-state index in [-0.39, 0.29) is 24.0 Å². The van der Waals surface area contributed by atoms with Crippen molar-refractivity contribution in [2.75, 3.05) is 12.9 Å². The van der Waals surface area contributed by atoms with Crippen molar-refractivity contribution in [2.45, 2.75) is 18.2 Å². The molecule has 6 nitrogen and oxygen atoms in total. The van der Waals surface area contributed by atoms with Crippen LogP contribution in [-0.4, -0.2) is 29.0 Å². The van der Waals surface area contributed by atoms with Crippen molar-refractivity contribution in [1.82, 2.24) is 15.5 Å². The predicted molar refractivity (Wildman–Crippen MR) is 99.1 cm³/mol. The minimum absolute atomic E-state index is 0.110. The van der Waals surface area contributed by atoms with E-state index in [1.54, 1.807) is 25.3 Å². The minimum Gasteiger partial charge on any atom is -0.497 e. The van der Waals surface area contributed by atoms with Gasteiger partial charge in [0, 0.05) is 12.1 Å². The van der Waals surface area contributed by atoms with Crippen molar-refractivity contribution in [3.63, 3.8) is 0 Å². The van der Waals surface area contributed by atoms with Gasteiger partial charge in [-0.2, -0.15) is 0 Å². The average molecular weight is 387 g/mol. The molecule has 3 rings (SSSR count). The molecular weight excluding hydrogens is 369 g/mol. The zero-order valence-corrected chi connectivity index (χ0v) is 15.5. The molecule has 0 unspecified atom stereocenters. The first-order valence-electron chi connectivity index (χ1n) is 8.22. The molecule has 8 heteroatoms. The van der Waals surface area contributed by atoms with E-state index in [1.807, 2.05) is 24.3 Å². The SMILES string of the molecule is COc1ccc(Cc2nnc(SCC(=O)NCc3ccccc3F)o2)cc1. The number of carbonyl (C=O) groups is 1. The zero-order chi connectivity index (χ0) is 19.1. The third kappa shape index (κ3) is 5.55. The van der Waals surface area contributed by atoms with Crippen LogP contribution in [0, 0.1) is 5.82 Å². The molecule has 0 radical (unpaired) electrons. The van der Waals surface area contributed by atoms with E-state index >= 15 is 0 Å². The van der Waals surface area contributed by atoms with Gasteiger partial charge in [-0.1, -0.05) is 42.1 Å². The fourth-order valence-corrected chi connectivity index (χ4v) is 2.91. The predicted octanol–water partition coefficient (Wildman–Crippen LogP) is 3.22. The van der Waals surface area contributed by atoms with E-state index in [4.69, 9.17) is 9.15 Å². The van der Waals surface area contributed by atoms with Crippen molar-refractivity contribution >= 4 is 17.7 Å². The number of carbonyl (C=O) groups excluding carboxylic acids is 1. The maximum atomic E-state index is 13.5. The molecule has 0 atom stereocenters. The molecular formula is C19H18FN3O3S. The highest BCUT2D eigenvalue weighted by atomic mass is 32.2. The van der Waals surface area contributed by atoms with E-state index in [0.29, 0.717) is 23.1 Å². The molecule has 0 fully saturated rings. The summed E-state index contributed by atoms with van der Waals surface area (Å²) >= 11 is 1.14. The van der Waals surface area contributed by atoms with Crippen LogP contribution in [0.1, 0.15) is 17.0 Å². The fraction of sp³-hybridized carbons (Fsp3) is 0.211. The Morgan fingerprint density at radius 3 is 2.70 bits per heavy atom. The molecule has 0 aliphatic carbocycles. The normalized spacial score (nSPS) is 10.6. The molecule has 2 aromatic carbocycles. The van der Waals surface area contributed by atoms with E-state index in [1.165, 1.54) is 6.07 Å². The van der Waals surface area contributed by atoms with Crippen molar-refractivity contribution < 1.29 is 18.3 Å². The second-order valence-corrected chi connectivity index (χ2v) is 6.57. The third-order valence-electron chi connectivity index (χ3n) is 3.72. The Kier molecular flexibility index (Phi) is 6.43. The van der Waals surface area contributed by atoms with Gasteiger partial charge in [-0.15, -0.1) is 10.2 Å². The average Bonchev–Trinajstić information content (AvgIpc) is 3.13. The van der Waals surface area contributed by atoms with Crippen molar-refractivity contribution in [3.8, 4) is 5.75 Å². The number of hydrogen-bond acceptors (Lipinski definition) is 6. The number of benzene rings is 2. The third-order valence-corrected chi connectivity index (χ3v) is 4.54. The second-order valence-electron chi connectivity index (χ2n) is 5.64. The summed E-state index contributed by atoms with van der Waals surface area (Å²) in [5, 5.41) is 10.9. The highest BCUT2D eigenvalue weighted by Crippen LogP contribution is 2.19. The number of methoxy groups -OCH3 is 1. The molecule has 0 saturated carbocycles. The molecule has 1 N–H and O–H groups in total. The first kappa shape index (κ1) is 18.9. The summed E-state index contributed by atoms with van der Waals surface area (Å²) in [6.07, 6.45) is 0.497. The van der Waals surface area contributed by atoms with Gasteiger partial charge in [-0.3, -0.25) is 4.79 Å². The summed E-state index contributed by atoms with van der Waals surface area (Å²) in [6.45, 7) is 0.138. The Morgan fingerprint density at radius 2 is 1.96 bits per heavy atom. The zero-order valence-electron chi connectivity index (χ0n) is 14.6. The number of amides is 1. The van der Waals surface area contributed by atoms with Gasteiger partial charge in [0.1, 0.15) is 11.6 Å². The van der Waals surface area contributed by atoms with Crippen LogP contribution in [0.25, 0.3) is 0 Å². The van der Waals surface area contributed by atoms with Gasteiger partial charge in [-0.05, 0) is 23.8 Å². The molecule has 1 heterocycles. The molecule has 1 aromatic heterocycles. The summed E-state index contributed by atoms with van der Waals surface area (Å²) < 4.78 is 24.2. The lowest BCUT2D eigenvalue weighted by molar-refractivity contribution is -0.118. The summed E-state index contributed by atoms with van der Waals surface area (Å²) in [5.41, 5.74) is 1.45. The van der Waals surface area contributed by atoms with Crippen molar-refractivity contribution in [2.24, 2.45) is 0 Å². The van der Waals surface area contributed by atoms with Crippen LogP contribution in [0.15, 0.2) is 58.2 Å². The molecule has 0 aliphatic heterocycles. The summed E-state index contributed by atoms with van der Waals surface area (Å²) in [7, 11) is 1.61. The topological polar surface area (TPSA) is 77.2 Å². The number of nitrogens with zero attached hydrogens (tertiary/aromatic N) is 2. The number of nitrogens with one attached hydrogen (secondary N) is 1. The lowest BCUT2D eigenvalue weighted by Gasteiger charge is -2.05. The smallest absolute Gasteiger partial charge is 0.277 e. The largest absolute Gasteiger partial charge is 0.497 e. The Labute approximate surface area is 160 Å². The number of halogens is 1. The fourth-order valence-electron chi connectivity index (χ4n) is 2.30. The number of thioether (sulfide) groups is 1. The molecule has 3 aromatic rings. The number of hydrogen-bond donors (Lipinski definition) is 1. The Morgan fingerprint density at radius 1 is 1.19 bits per heavy atom. The Bertz CT molecular complexity index is 899. The quantitative estimate of drug-likeness (QED) is 0.598. The second kappa shape index (κ2) is 9.18. The summed E-state index contributed by atoms with van der Waals surface area (Å²) in [4.78, 5) is 11.9. The monoisotopic (exact) mass is 387 g/mol. The van der Waals surface area contributed by atoms with Gasteiger partial charge in [0.15, 0.2) is 0 Å². The lowest BCUT2D eigenvalue weighted by atomic mass is 10.1. The van der Waals surface area contributed by atoms with Gasteiger partial charge in [0.25, 0.3) is 5.22 Å². The van der Waals surface area contributed by atoms with Crippen LogP contribution >= 0.6 is 11.8 Å². The highest BCUT2D eigenvalue weighted by Gasteiger charge is 2.11. The molecule has 27 heavy (non-hydrogen) atoms. The van der Waals surface area contributed by atoms with Crippen LogP contribution in [-0.2, 0) is 17.8 Å². The van der Waals surface area contributed by atoms with Gasteiger partial charge in [-0.25, -0.2) is 4.39 Å². The first-order valence-corrected chi connectivity index (χ1v) is 9.21. The van der Waals surface area contributed by atoms with Gasteiger partial charge in [0.05, 0.1) is 19.3 Å². The van der Waals surface area contributed by atoms with E-state index in [9.17, 15) is 9.18 Å². The molecule has 1 amide bonds. The standard InChI is InChI=1S/C19H18FN3O3S/c1-25-15-8-6-13(7-9-15)10-18-22-23-19(26-18)27-12-17(24)21-11-14-4-2-3-5-16(14)20/h2-9H,10-12H2,1H3,(H,21,24). The van der Waals surface area contributed by atoms with Crippen LogP contribution in [0.3, 0.4) is 0 Å². The van der Waals surface area contributed by atoms with E-state index in [0.717, 1.165) is 23.1 Å². The maximum absolute atomic E-state index is 13.5. The van der Waals surface area contributed by atoms with Crippen molar-refractivity contribution in [3.05, 3.63) is 71.4 Å². The number of ether oxygens (including phenoxy) is 1. The van der Waals surface area contributed by atoms with E-state index < -0.39 is 0 Å². The molecule has 0 spiro atoms. The van der Waals surface area contributed by atoms with Crippen LogP contribution in [0.4, 0.5) is 4.39 Å². The Balaban J connectivity index is 1.46. The number of rotatable bonds is 8. The van der Waals surface area contributed by atoms with Crippen LogP contribution < -0.4 is 10.1 Å². The number of aromatic nitrogens is 2. The highest BCUT2D eigenvalue weighted by molar-refractivity contribution is 7.99. The maximum Gasteiger partial charge on any atom is 0.277 e. The molecule has 0 bridgehead atoms. The minimum atomic E-state index is -0.342. The Hall–Kier alpha value is -2.87. The van der Waals surface area contributed by atoms with Gasteiger partial charge >= 0.3 is 0 Å². The van der Waals surface area contributed by atoms with Crippen molar-refractivity contribution in [1.29, 1.82) is 0 Å². The van der Waals surface area contributed by atoms with E-state index in [2.05, 4.69) is 15.5 Å².